The number of methoxy groups -OCH3 is 1. The van der Waals surface area contributed by atoms with E-state index in [9.17, 15) is 9.59 Å². The van der Waals surface area contributed by atoms with Crippen molar-refractivity contribution in [1.29, 1.82) is 0 Å². The van der Waals surface area contributed by atoms with Gasteiger partial charge in [0.2, 0.25) is 5.91 Å². The van der Waals surface area contributed by atoms with Gasteiger partial charge in [-0.3, -0.25) is 9.59 Å². The number of carbonyl (C=O) groups excluding carboxylic acids is 1. The molecule has 5 nitrogen and oxygen atoms in total. The fourth-order valence-electron chi connectivity index (χ4n) is 1.63. The van der Waals surface area contributed by atoms with E-state index in [0.29, 0.717) is 0 Å². The lowest BCUT2D eigenvalue weighted by atomic mass is 10.0. The number of carbonyl (C=O) groups is 2. The van der Waals surface area contributed by atoms with Gasteiger partial charge in [0.05, 0.1) is 12.5 Å². The van der Waals surface area contributed by atoms with Crippen LogP contribution in [0.5, 0.6) is 0 Å². The maximum atomic E-state index is 11.5. The van der Waals surface area contributed by atoms with Crippen molar-refractivity contribution in [1.82, 2.24) is 5.32 Å². The summed E-state index contributed by atoms with van der Waals surface area (Å²) in [6.07, 6.45) is 1.80. The summed E-state index contributed by atoms with van der Waals surface area (Å²) in [6.45, 7) is -0.0843. The molecular weight excluding hydrogens is 266 g/mol. The molecule has 0 saturated carbocycles. The average molecular weight is 283 g/mol. The van der Waals surface area contributed by atoms with Crippen LogP contribution in [0.25, 0.3) is 0 Å². The third-order valence-corrected chi connectivity index (χ3v) is 3.25. The minimum Gasteiger partial charge on any atom is -0.481 e. The standard InChI is InChI=1S/C13H17NO4S/c1-18-8-12(15)14-11(7-13(16)17)9-3-5-10(19-2)6-4-9/h3-6,11H,7-8H2,1-2H3,(H,14,15)(H,16,17). The number of thioether (sulfide) groups is 1. The molecule has 1 atom stereocenters. The highest BCUT2D eigenvalue weighted by molar-refractivity contribution is 7.98. The normalized spacial score (nSPS) is 11.9. The molecule has 1 unspecified atom stereocenters. The molecule has 0 aliphatic heterocycles. The van der Waals surface area contributed by atoms with Gasteiger partial charge < -0.3 is 15.2 Å². The van der Waals surface area contributed by atoms with E-state index in [1.165, 1.54) is 7.11 Å². The predicted octanol–water partition coefficient (Wildman–Crippen LogP) is 1.69. The van der Waals surface area contributed by atoms with Gasteiger partial charge in [-0.1, -0.05) is 12.1 Å². The van der Waals surface area contributed by atoms with Crippen molar-refractivity contribution in [3.63, 3.8) is 0 Å². The first kappa shape index (κ1) is 15.5. The molecule has 1 rings (SSSR count). The third-order valence-electron chi connectivity index (χ3n) is 2.51. The van der Waals surface area contributed by atoms with Gasteiger partial charge in [-0.15, -0.1) is 11.8 Å². The van der Waals surface area contributed by atoms with Gasteiger partial charge in [0.15, 0.2) is 0 Å². The first-order chi connectivity index (χ1) is 9.06. The number of benzene rings is 1. The molecule has 0 radical (unpaired) electrons. The summed E-state index contributed by atoms with van der Waals surface area (Å²) in [5, 5.41) is 11.6. The zero-order valence-corrected chi connectivity index (χ0v) is 11.7. The Hall–Kier alpha value is -1.53. The van der Waals surface area contributed by atoms with Crippen LogP contribution in [0, 0.1) is 0 Å². The van der Waals surface area contributed by atoms with E-state index in [2.05, 4.69) is 5.32 Å². The molecule has 2 N–H and O–H groups in total. The second-order valence-electron chi connectivity index (χ2n) is 3.92. The van der Waals surface area contributed by atoms with E-state index in [4.69, 9.17) is 9.84 Å². The molecule has 0 heterocycles. The maximum absolute atomic E-state index is 11.5. The van der Waals surface area contributed by atoms with Crippen molar-refractivity contribution in [2.45, 2.75) is 17.4 Å². The Bertz CT molecular complexity index is 433. The number of amides is 1. The highest BCUT2D eigenvalue weighted by Crippen LogP contribution is 2.21. The van der Waals surface area contributed by atoms with Crippen LogP contribution in [0.4, 0.5) is 0 Å². The molecule has 0 aliphatic rings. The summed E-state index contributed by atoms with van der Waals surface area (Å²) in [7, 11) is 1.42. The summed E-state index contributed by atoms with van der Waals surface area (Å²) >= 11 is 1.60. The number of carboxylic acids is 1. The third kappa shape index (κ3) is 5.32. The number of rotatable bonds is 7. The smallest absolute Gasteiger partial charge is 0.305 e. The van der Waals surface area contributed by atoms with Crippen LogP contribution in [0.3, 0.4) is 0 Å². The van der Waals surface area contributed by atoms with E-state index >= 15 is 0 Å². The van der Waals surface area contributed by atoms with Crippen molar-refractivity contribution >= 4 is 23.6 Å². The first-order valence-electron chi connectivity index (χ1n) is 5.71. The van der Waals surface area contributed by atoms with Gasteiger partial charge in [0, 0.05) is 12.0 Å². The van der Waals surface area contributed by atoms with Gasteiger partial charge in [0.25, 0.3) is 0 Å². The fourth-order valence-corrected chi connectivity index (χ4v) is 2.04. The minimum absolute atomic E-state index is 0.0843. The monoisotopic (exact) mass is 283 g/mol. The number of hydrogen-bond donors (Lipinski definition) is 2. The molecule has 6 heteroatoms. The Morgan fingerprint density at radius 2 is 2.00 bits per heavy atom. The number of carboxylic acid groups (broad SMARTS) is 1. The quantitative estimate of drug-likeness (QED) is 0.745. The molecule has 0 aromatic heterocycles. The van der Waals surface area contributed by atoms with Crippen LogP contribution in [0.1, 0.15) is 18.0 Å². The zero-order chi connectivity index (χ0) is 14.3. The number of hydrogen-bond acceptors (Lipinski definition) is 4. The Labute approximate surface area is 116 Å². The van der Waals surface area contributed by atoms with Gasteiger partial charge in [-0.05, 0) is 24.0 Å². The van der Waals surface area contributed by atoms with Gasteiger partial charge in [0.1, 0.15) is 6.61 Å². The maximum Gasteiger partial charge on any atom is 0.305 e. The van der Waals surface area contributed by atoms with E-state index in [-0.39, 0.29) is 18.9 Å². The van der Waals surface area contributed by atoms with Crippen LogP contribution in [-0.2, 0) is 14.3 Å². The minimum atomic E-state index is -0.961. The SMILES string of the molecule is COCC(=O)NC(CC(=O)O)c1ccc(SC)cc1. The number of aliphatic carboxylic acids is 1. The summed E-state index contributed by atoms with van der Waals surface area (Å²) in [5.41, 5.74) is 0.768. The predicted molar refractivity (Wildman–Crippen MR) is 73.2 cm³/mol. The Kier molecular flexibility index (Phi) is 6.38. The Morgan fingerprint density at radius 1 is 1.37 bits per heavy atom. The van der Waals surface area contributed by atoms with Crippen LogP contribution < -0.4 is 5.32 Å². The number of ether oxygens (including phenoxy) is 1. The highest BCUT2D eigenvalue weighted by Gasteiger charge is 2.17. The van der Waals surface area contributed by atoms with Gasteiger partial charge >= 0.3 is 5.97 Å². The summed E-state index contributed by atoms with van der Waals surface area (Å²) < 4.78 is 4.72. The van der Waals surface area contributed by atoms with Crippen LogP contribution in [-0.4, -0.2) is 37.0 Å². The summed E-state index contributed by atoms with van der Waals surface area (Å²) in [5.74, 6) is -1.29. The van der Waals surface area contributed by atoms with Crippen LogP contribution in [0.2, 0.25) is 0 Å². The van der Waals surface area contributed by atoms with Crippen molar-refractivity contribution < 1.29 is 19.4 Å². The molecule has 104 valence electrons. The average Bonchev–Trinajstić information content (AvgIpc) is 2.38. The van der Waals surface area contributed by atoms with Gasteiger partial charge in [-0.25, -0.2) is 0 Å². The molecule has 1 amide bonds. The van der Waals surface area contributed by atoms with Crippen molar-refractivity contribution in [3.05, 3.63) is 29.8 Å². The summed E-state index contributed by atoms with van der Waals surface area (Å²) in [4.78, 5) is 23.4. The molecule has 0 bridgehead atoms. The second-order valence-corrected chi connectivity index (χ2v) is 4.80. The highest BCUT2D eigenvalue weighted by atomic mass is 32.2. The molecule has 1 aromatic carbocycles. The molecule has 0 saturated heterocycles. The Morgan fingerprint density at radius 3 is 2.47 bits per heavy atom. The lowest BCUT2D eigenvalue weighted by molar-refractivity contribution is -0.137. The van der Waals surface area contributed by atoms with E-state index in [1.54, 1.807) is 11.8 Å². The van der Waals surface area contributed by atoms with Crippen molar-refractivity contribution in [2.75, 3.05) is 20.0 Å². The molecule has 0 aliphatic carbocycles. The lowest BCUT2D eigenvalue weighted by Crippen LogP contribution is -2.32. The van der Waals surface area contributed by atoms with Crippen LogP contribution >= 0.6 is 11.8 Å². The molecule has 1 aromatic rings. The molecule has 19 heavy (non-hydrogen) atoms. The zero-order valence-electron chi connectivity index (χ0n) is 10.9. The van der Waals surface area contributed by atoms with E-state index in [1.807, 2.05) is 30.5 Å². The van der Waals surface area contributed by atoms with Crippen LogP contribution in [0.15, 0.2) is 29.2 Å². The number of nitrogens with one attached hydrogen (secondary N) is 1. The molecule has 0 spiro atoms. The van der Waals surface area contributed by atoms with Crippen molar-refractivity contribution in [3.8, 4) is 0 Å². The van der Waals surface area contributed by atoms with Crippen molar-refractivity contribution in [2.24, 2.45) is 0 Å². The first-order valence-corrected chi connectivity index (χ1v) is 6.93. The van der Waals surface area contributed by atoms with Gasteiger partial charge in [-0.2, -0.15) is 0 Å². The van der Waals surface area contributed by atoms with E-state index < -0.39 is 12.0 Å². The largest absolute Gasteiger partial charge is 0.481 e. The topological polar surface area (TPSA) is 75.6 Å². The lowest BCUT2D eigenvalue weighted by Gasteiger charge is -2.17. The Balaban J connectivity index is 2.82. The second kappa shape index (κ2) is 7.81. The fraction of sp³-hybridized carbons (Fsp3) is 0.385. The molecular formula is C13H17NO4S. The van der Waals surface area contributed by atoms with E-state index in [0.717, 1.165) is 10.5 Å². The molecule has 0 fully saturated rings. The summed E-state index contributed by atoms with van der Waals surface area (Å²) in [6, 6.07) is 6.91.